The van der Waals surface area contributed by atoms with Crippen molar-refractivity contribution in [2.75, 3.05) is 6.61 Å². The number of halogens is 3. The fraction of sp³-hybridized carbons (Fsp3) is 0.771. The molecular formula is C35H63Cl3N2O6Si3. The van der Waals surface area contributed by atoms with E-state index in [0.717, 1.165) is 65.5 Å². The summed E-state index contributed by atoms with van der Waals surface area (Å²) in [6.07, 6.45) is -1.92. The van der Waals surface area contributed by atoms with Crippen molar-refractivity contribution < 1.29 is 27.5 Å². The highest BCUT2D eigenvalue weighted by atomic mass is 35.6. The Morgan fingerprint density at radius 2 is 1.33 bits per heavy atom. The second-order valence-electron chi connectivity index (χ2n) is 13.7. The molecule has 0 bridgehead atoms. The van der Waals surface area contributed by atoms with Gasteiger partial charge in [0, 0.05) is 0 Å². The Kier molecular flexibility index (Phi) is 16.7. The van der Waals surface area contributed by atoms with E-state index in [1.54, 1.807) is 0 Å². The number of benzene rings is 1. The van der Waals surface area contributed by atoms with E-state index in [2.05, 4.69) is 67.6 Å². The van der Waals surface area contributed by atoms with E-state index in [9.17, 15) is 4.79 Å². The van der Waals surface area contributed by atoms with Gasteiger partial charge in [0.25, 0.3) is 18.0 Å². The highest BCUT2D eigenvalue weighted by Gasteiger charge is 2.58. The van der Waals surface area contributed by atoms with E-state index >= 15 is 0 Å². The quantitative estimate of drug-likeness (QED) is 0.0664. The lowest BCUT2D eigenvalue weighted by molar-refractivity contribution is -0.244. The number of alkyl halides is 3. The second-order valence-corrected chi connectivity index (χ2v) is 30.1. The van der Waals surface area contributed by atoms with Gasteiger partial charge in [-0.1, -0.05) is 109 Å². The van der Waals surface area contributed by atoms with Gasteiger partial charge < -0.3 is 28.1 Å². The molecule has 0 aromatic heterocycles. The van der Waals surface area contributed by atoms with E-state index in [4.69, 9.17) is 63.0 Å². The molecule has 49 heavy (non-hydrogen) atoms. The predicted molar refractivity (Wildman–Crippen MR) is 213 cm³/mol. The van der Waals surface area contributed by atoms with Crippen LogP contribution in [-0.2, 0) is 18.3 Å². The molecular weight excluding hydrogens is 735 g/mol. The summed E-state index contributed by atoms with van der Waals surface area (Å²) in [4.78, 5) is 14.6. The van der Waals surface area contributed by atoms with E-state index in [0.29, 0.717) is 11.3 Å². The van der Waals surface area contributed by atoms with Crippen LogP contribution in [0.2, 0.25) is 54.4 Å². The van der Waals surface area contributed by atoms with Crippen LogP contribution in [0, 0.1) is 19.3 Å². The van der Waals surface area contributed by atoms with Crippen LogP contribution in [0.1, 0.15) is 90.7 Å². The number of aryl methyl sites for hydroxylation is 2. The Hall–Kier alpha value is -0.639. The van der Waals surface area contributed by atoms with Gasteiger partial charge in [0.1, 0.15) is 17.5 Å². The first-order valence-corrected chi connectivity index (χ1v) is 27.0. The van der Waals surface area contributed by atoms with Crippen LogP contribution in [0.15, 0.2) is 12.1 Å². The van der Waals surface area contributed by atoms with Crippen molar-refractivity contribution in [3.05, 3.63) is 28.8 Å². The summed E-state index contributed by atoms with van der Waals surface area (Å²) in [7, 11) is -6.83. The molecule has 4 atom stereocenters. The van der Waals surface area contributed by atoms with Crippen LogP contribution in [0.3, 0.4) is 0 Å². The first kappa shape index (κ1) is 44.5. The monoisotopic (exact) mass is 796 g/mol. The van der Waals surface area contributed by atoms with Gasteiger partial charge >= 0.3 is 0 Å². The molecule has 0 radical (unpaired) electrons. The van der Waals surface area contributed by atoms with Crippen molar-refractivity contribution in [1.82, 2.24) is 5.32 Å². The van der Waals surface area contributed by atoms with Crippen molar-refractivity contribution in [3.8, 4) is 5.75 Å². The number of carbonyl (C=O) groups is 1. The molecule has 1 aliphatic heterocycles. The van der Waals surface area contributed by atoms with E-state index in [1.165, 1.54) is 0 Å². The first-order valence-electron chi connectivity index (χ1n) is 18.3. The first-order chi connectivity index (χ1) is 22.9. The third kappa shape index (κ3) is 10.1. The zero-order valence-corrected chi connectivity index (χ0v) is 37.3. The topological polar surface area (TPSA) is 99.1 Å². The molecule has 2 rings (SSSR count). The van der Waals surface area contributed by atoms with Crippen LogP contribution in [0.25, 0.3) is 0 Å². The van der Waals surface area contributed by atoms with Gasteiger partial charge in [-0.25, -0.2) is 0 Å². The lowest BCUT2D eigenvalue weighted by atomic mass is 9.87. The molecule has 0 saturated carbocycles. The molecule has 1 heterocycles. The van der Waals surface area contributed by atoms with Crippen LogP contribution in [0.5, 0.6) is 5.75 Å². The lowest BCUT2D eigenvalue weighted by Gasteiger charge is -2.55. The van der Waals surface area contributed by atoms with Crippen LogP contribution in [-0.4, -0.2) is 71.2 Å². The lowest BCUT2D eigenvalue weighted by Crippen LogP contribution is -2.72. The summed E-state index contributed by atoms with van der Waals surface area (Å²) in [6, 6.07) is 11.4. The fourth-order valence-electron chi connectivity index (χ4n) is 6.99. The minimum absolute atomic E-state index is 0.0408. The molecule has 1 aromatic carbocycles. The highest BCUT2D eigenvalue weighted by Crippen LogP contribution is 2.42. The largest absolute Gasteiger partial charge is 0.543 e. The van der Waals surface area contributed by atoms with Gasteiger partial charge in [-0.2, -0.15) is 0 Å². The second kappa shape index (κ2) is 18.4. The highest BCUT2D eigenvalue weighted by molar-refractivity contribution is 6.76. The average Bonchev–Trinajstić information content (AvgIpc) is 3.08. The molecule has 1 fully saturated rings. The number of carbonyl (C=O) groups excluding carboxylic acids is 1. The van der Waals surface area contributed by atoms with E-state index in [-0.39, 0.29) is 12.5 Å². The summed E-state index contributed by atoms with van der Waals surface area (Å²) >= 11 is 18.3. The van der Waals surface area contributed by atoms with E-state index in [1.807, 2.05) is 32.9 Å². The van der Waals surface area contributed by atoms with E-state index < -0.39 is 58.7 Å². The summed E-state index contributed by atoms with van der Waals surface area (Å²) in [5.74, 6) is -0.150. The maximum Gasteiger partial charge on any atom is 0.265 e. The Labute approximate surface area is 314 Å². The molecule has 1 saturated heterocycles. The molecule has 1 aliphatic rings. The normalized spacial score (nSPS) is 22.1. The van der Waals surface area contributed by atoms with Crippen LogP contribution in [0.4, 0.5) is 0 Å². The predicted octanol–water partition coefficient (Wildman–Crippen LogP) is 10.7. The summed E-state index contributed by atoms with van der Waals surface area (Å²) < 4.78 is 31.9. The van der Waals surface area contributed by atoms with Crippen LogP contribution >= 0.6 is 34.8 Å². The van der Waals surface area contributed by atoms with Gasteiger partial charge in [0.15, 0.2) is 16.6 Å². The van der Waals surface area contributed by atoms with Crippen LogP contribution < -0.4 is 9.74 Å². The minimum atomic E-state index is -2.36. The Morgan fingerprint density at radius 3 is 1.78 bits per heavy atom. The molecule has 14 heteroatoms. The number of hydrogen-bond donors (Lipinski definition) is 2. The smallest absolute Gasteiger partial charge is 0.265 e. The third-order valence-electron chi connectivity index (χ3n) is 11.4. The molecule has 8 nitrogen and oxygen atoms in total. The van der Waals surface area contributed by atoms with Gasteiger partial charge in [0.2, 0.25) is 12.2 Å². The van der Waals surface area contributed by atoms with Crippen molar-refractivity contribution in [2.24, 2.45) is 0 Å². The number of rotatable bonds is 18. The maximum absolute atomic E-state index is 14.6. The van der Waals surface area contributed by atoms with Crippen molar-refractivity contribution >= 4 is 71.6 Å². The molecule has 0 spiro atoms. The molecule has 1 amide bonds. The number of nitrogens with one attached hydrogen (secondary N) is 2. The fourth-order valence-corrected chi connectivity index (χ4v) is 15.8. The number of hydrogen-bond acceptors (Lipinski definition) is 7. The summed E-state index contributed by atoms with van der Waals surface area (Å²) in [5.41, 5.74) is 1.20. The Balaban J connectivity index is 2.80. The maximum atomic E-state index is 14.6. The standard InChI is InChI=1S/C35H63Cl3N2O6Si3/c1-13-47(14-2,15-3)44-29-26(11)23-22-25(10)28(29)31(41)40-27-24-42-32(43-33(39)35(36,37)38)30(45-48(16-4,17-5)18-6)34(27,12)46-49(19-7,20-8)21-9/h22-23,27,30,32,39H,13-21,24H2,1-12H3,(H,40,41)/t27-,30+,32+,34-/m0/s1. The zero-order valence-electron chi connectivity index (χ0n) is 32.0. The molecule has 1 aromatic rings. The van der Waals surface area contributed by atoms with Gasteiger partial charge in [-0.05, 0) is 86.3 Å². The van der Waals surface area contributed by atoms with Crippen molar-refractivity contribution in [3.63, 3.8) is 0 Å². The van der Waals surface area contributed by atoms with Crippen molar-refractivity contribution in [1.29, 1.82) is 5.41 Å². The average molecular weight is 799 g/mol. The SMILES string of the molecule is CC[Si](CC)(CC)Oc1c(C)ccc(C)c1C(=O)N[C@H]1CO[C@H](OC(=N)C(Cl)(Cl)Cl)[C@@H](O[Si](CC)(CC)CC)[C@@]1(C)O[Si](CC)(CC)CC. The molecule has 282 valence electrons. The zero-order chi connectivity index (χ0) is 37.4. The number of amides is 1. The number of ether oxygens (including phenoxy) is 2. The van der Waals surface area contributed by atoms with Gasteiger partial charge in [-0.3, -0.25) is 10.2 Å². The molecule has 0 aliphatic carbocycles. The summed E-state index contributed by atoms with van der Waals surface area (Å²) in [6.45, 7) is 25.5. The Morgan fingerprint density at radius 1 is 0.857 bits per heavy atom. The minimum Gasteiger partial charge on any atom is -0.543 e. The summed E-state index contributed by atoms with van der Waals surface area (Å²) in [5, 5.41) is 11.8. The van der Waals surface area contributed by atoms with Gasteiger partial charge in [0.05, 0.1) is 18.2 Å². The van der Waals surface area contributed by atoms with Gasteiger partial charge in [-0.15, -0.1) is 0 Å². The molecule has 0 unspecified atom stereocenters. The Bertz CT molecular complexity index is 1230. The third-order valence-corrected chi connectivity index (χ3v) is 25.8. The van der Waals surface area contributed by atoms with Crippen molar-refractivity contribution in [2.45, 2.75) is 165 Å². The molecule has 2 N–H and O–H groups in total.